The van der Waals surface area contributed by atoms with Crippen LogP contribution in [0, 0.1) is 5.41 Å². The molecule has 0 aromatic heterocycles. The number of hydrogen-bond donors (Lipinski definition) is 1. The van der Waals surface area contributed by atoms with Crippen LogP contribution >= 0.6 is 0 Å². The van der Waals surface area contributed by atoms with Crippen molar-refractivity contribution >= 4 is 11.7 Å². The zero-order chi connectivity index (χ0) is 24.8. The van der Waals surface area contributed by atoms with E-state index < -0.39 is 23.4 Å². The molecular formula is C27H32F3NO2. The van der Waals surface area contributed by atoms with Crippen molar-refractivity contribution in [3.63, 3.8) is 0 Å². The van der Waals surface area contributed by atoms with Crippen LogP contribution in [-0.4, -0.2) is 5.97 Å². The van der Waals surface area contributed by atoms with Gasteiger partial charge in [-0.3, -0.25) is 0 Å². The molecule has 6 heteroatoms. The zero-order valence-corrected chi connectivity index (χ0v) is 19.8. The summed E-state index contributed by atoms with van der Waals surface area (Å²) in [4.78, 5) is 12.1. The molecule has 33 heavy (non-hydrogen) atoms. The molecule has 0 saturated heterocycles. The van der Waals surface area contributed by atoms with Gasteiger partial charge >= 0.3 is 12.1 Å². The lowest BCUT2D eigenvalue weighted by molar-refractivity contribution is -0.137. The number of anilines is 1. The minimum Gasteiger partial charge on any atom is -0.423 e. The quantitative estimate of drug-likeness (QED) is 0.156. The van der Waals surface area contributed by atoms with Gasteiger partial charge in [0.2, 0.25) is 0 Å². The van der Waals surface area contributed by atoms with Gasteiger partial charge in [0.25, 0.3) is 0 Å². The Morgan fingerprint density at radius 1 is 1.15 bits per heavy atom. The molecule has 178 valence electrons. The van der Waals surface area contributed by atoms with E-state index in [0.717, 1.165) is 24.1 Å². The second kappa shape index (κ2) is 10.7. The average Bonchev–Trinajstić information content (AvgIpc) is 2.67. The molecule has 2 rings (SSSR count). The fourth-order valence-electron chi connectivity index (χ4n) is 3.86. The predicted molar refractivity (Wildman–Crippen MR) is 128 cm³/mol. The van der Waals surface area contributed by atoms with Crippen LogP contribution in [0.2, 0.25) is 0 Å². The van der Waals surface area contributed by atoms with Gasteiger partial charge < -0.3 is 10.5 Å². The number of halogens is 3. The van der Waals surface area contributed by atoms with E-state index in [1.54, 1.807) is 13.0 Å². The molecule has 1 aliphatic carbocycles. The summed E-state index contributed by atoms with van der Waals surface area (Å²) >= 11 is 0. The maximum atomic E-state index is 12.9. The van der Waals surface area contributed by atoms with E-state index in [1.807, 2.05) is 19.1 Å². The van der Waals surface area contributed by atoms with Gasteiger partial charge in [-0.1, -0.05) is 55.4 Å². The Bertz CT molecular complexity index is 1040. The summed E-state index contributed by atoms with van der Waals surface area (Å²) in [5, 5.41) is 0. The molecule has 0 spiro atoms. The fourth-order valence-corrected chi connectivity index (χ4v) is 3.86. The topological polar surface area (TPSA) is 52.3 Å². The number of benzene rings is 1. The van der Waals surface area contributed by atoms with E-state index in [-0.39, 0.29) is 11.2 Å². The van der Waals surface area contributed by atoms with Crippen molar-refractivity contribution in [1.82, 2.24) is 0 Å². The molecule has 0 aliphatic heterocycles. The standard InChI is InChI=1S/C27H32F3NO2/c1-18(11-13-22-20(3)10-7-15-26(22,4)5)8-6-9-19(2)16-25(32)33-21-12-14-24(31)23(17-21)27(28,29)30/h6,8-9,11-14,16-17H,7,10,15,31H2,1-5H3/b9-6+,13-11+,18-8+,19-16+. The summed E-state index contributed by atoms with van der Waals surface area (Å²) in [6.45, 7) is 10.4. The molecule has 1 aromatic rings. The first kappa shape index (κ1) is 26.2. The summed E-state index contributed by atoms with van der Waals surface area (Å²) in [6.07, 6.45) is 9.90. The van der Waals surface area contributed by atoms with Gasteiger partial charge in [0.05, 0.1) is 5.56 Å². The Kier molecular flexibility index (Phi) is 8.53. The van der Waals surface area contributed by atoms with E-state index in [2.05, 4.69) is 32.9 Å². The van der Waals surface area contributed by atoms with Crippen LogP contribution in [0.5, 0.6) is 5.75 Å². The lowest BCUT2D eigenvalue weighted by Crippen LogP contribution is -2.19. The first-order valence-electron chi connectivity index (χ1n) is 10.9. The number of alkyl halides is 3. The highest BCUT2D eigenvalue weighted by atomic mass is 19.4. The lowest BCUT2D eigenvalue weighted by atomic mass is 9.72. The molecule has 0 atom stereocenters. The van der Waals surface area contributed by atoms with Crippen LogP contribution in [0.1, 0.15) is 59.4 Å². The second-order valence-corrected chi connectivity index (χ2v) is 9.09. The molecule has 2 N–H and O–H groups in total. The molecule has 0 saturated carbocycles. The van der Waals surface area contributed by atoms with Crippen LogP contribution in [-0.2, 0) is 11.0 Å². The van der Waals surface area contributed by atoms with Crippen LogP contribution in [0.15, 0.2) is 76.9 Å². The molecule has 0 fully saturated rings. The highest BCUT2D eigenvalue weighted by Crippen LogP contribution is 2.40. The van der Waals surface area contributed by atoms with Crippen molar-refractivity contribution in [1.29, 1.82) is 0 Å². The highest BCUT2D eigenvalue weighted by molar-refractivity contribution is 5.85. The van der Waals surface area contributed by atoms with Gasteiger partial charge in [0.15, 0.2) is 0 Å². The van der Waals surface area contributed by atoms with Crippen molar-refractivity contribution in [3.8, 4) is 5.75 Å². The van der Waals surface area contributed by atoms with E-state index in [1.165, 1.54) is 36.1 Å². The van der Waals surface area contributed by atoms with E-state index in [4.69, 9.17) is 10.5 Å². The Morgan fingerprint density at radius 3 is 2.48 bits per heavy atom. The minimum absolute atomic E-state index is 0.181. The number of esters is 1. The first-order valence-corrected chi connectivity index (χ1v) is 10.9. The molecular weight excluding hydrogens is 427 g/mol. The van der Waals surface area contributed by atoms with Crippen LogP contribution < -0.4 is 10.5 Å². The second-order valence-electron chi connectivity index (χ2n) is 9.09. The number of ether oxygens (including phenoxy) is 1. The number of carbonyl (C=O) groups excluding carboxylic acids is 1. The summed E-state index contributed by atoms with van der Waals surface area (Å²) in [5.41, 5.74) is 8.56. The van der Waals surface area contributed by atoms with Gasteiger partial charge in [0.1, 0.15) is 5.75 Å². The number of carbonyl (C=O) groups is 1. The maximum Gasteiger partial charge on any atom is 0.418 e. The largest absolute Gasteiger partial charge is 0.423 e. The summed E-state index contributed by atoms with van der Waals surface area (Å²) in [6, 6.07) is 3.01. The van der Waals surface area contributed by atoms with Crippen LogP contribution in [0.3, 0.4) is 0 Å². The van der Waals surface area contributed by atoms with Gasteiger partial charge in [-0.15, -0.1) is 0 Å². The number of rotatable bonds is 6. The third-order valence-electron chi connectivity index (χ3n) is 5.67. The summed E-state index contributed by atoms with van der Waals surface area (Å²) in [7, 11) is 0. The van der Waals surface area contributed by atoms with E-state index in [9.17, 15) is 18.0 Å². The van der Waals surface area contributed by atoms with E-state index in [0.29, 0.717) is 5.57 Å². The molecule has 0 amide bonds. The van der Waals surface area contributed by atoms with Crippen LogP contribution in [0.4, 0.5) is 18.9 Å². The van der Waals surface area contributed by atoms with Crippen molar-refractivity contribution in [2.75, 3.05) is 5.73 Å². The Morgan fingerprint density at radius 2 is 1.85 bits per heavy atom. The Hall–Kier alpha value is -3.02. The van der Waals surface area contributed by atoms with Crippen molar-refractivity contribution in [3.05, 3.63) is 82.5 Å². The van der Waals surface area contributed by atoms with Crippen molar-refractivity contribution in [2.24, 2.45) is 5.41 Å². The number of hydrogen-bond acceptors (Lipinski definition) is 3. The predicted octanol–water partition coefficient (Wildman–Crippen LogP) is 7.72. The molecule has 0 unspecified atom stereocenters. The first-order chi connectivity index (χ1) is 15.3. The summed E-state index contributed by atoms with van der Waals surface area (Å²) < 4.78 is 43.8. The minimum atomic E-state index is -4.62. The Balaban J connectivity index is 2.02. The van der Waals surface area contributed by atoms with Crippen LogP contribution in [0.25, 0.3) is 0 Å². The number of allylic oxidation sites excluding steroid dienone is 9. The molecule has 1 aliphatic rings. The zero-order valence-electron chi connectivity index (χ0n) is 19.8. The van der Waals surface area contributed by atoms with Gasteiger partial charge in [-0.05, 0) is 74.8 Å². The fraction of sp³-hybridized carbons (Fsp3) is 0.370. The van der Waals surface area contributed by atoms with Crippen molar-refractivity contribution < 1.29 is 22.7 Å². The molecule has 0 heterocycles. The highest BCUT2D eigenvalue weighted by Gasteiger charge is 2.33. The monoisotopic (exact) mass is 459 g/mol. The SMILES string of the molecule is CC1=C(/C=C/C(C)=C/C=C/C(C)=C/C(=O)Oc2ccc(N)c(C(F)(F)F)c2)C(C)(C)CCC1. The summed E-state index contributed by atoms with van der Waals surface area (Å²) in [5.74, 6) is -0.983. The normalized spacial score (nSPS) is 17.8. The lowest BCUT2D eigenvalue weighted by Gasteiger charge is -2.32. The average molecular weight is 460 g/mol. The molecule has 3 nitrogen and oxygen atoms in total. The maximum absolute atomic E-state index is 12.9. The molecule has 0 radical (unpaired) electrons. The number of nitrogen functional groups attached to an aromatic ring is 1. The smallest absolute Gasteiger partial charge is 0.418 e. The Labute approximate surface area is 194 Å². The third-order valence-corrected chi connectivity index (χ3v) is 5.67. The number of nitrogens with two attached hydrogens (primary N) is 1. The van der Waals surface area contributed by atoms with Gasteiger partial charge in [0, 0.05) is 11.8 Å². The third kappa shape index (κ3) is 7.81. The van der Waals surface area contributed by atoms with E-state index >= 15 is 0 Å². The molecule has 0 bridgehead atoms. The van der Waals surface area contributed by atoms with Gasteiger partial charge in [-0.25, -0.2) is 4.79 Å². The van der Waals surface area contributed by atoms with Crippen molar-refractivity contribution in [2.45, 2.75) is 60.1 Å². The molecule has 1 aromatic carbocycles. The van der Waals surface area contributed by atoms with Gasteiger partial charge in [-0.2, -0.15) is 13.2 Å².